The van der Waals surface area contributed by atoms with E-state index in [1.165, 1.54) is 30.2 Å². The van der Waals surface area contributed by atoms with Crippen molar-refractivity contribution in [3.05, 3.63) is 35.9 Å². The van der Waals surface area contributed by atoms with Gasteiger partial charge in [0.15, 0.2) is 0 Å². The van der Waals surface area contributed by atoms with E-state index in [0.717, 1.165) is 44.1 Å². The van der Waals surface area contributed by atoms with Crippen molar-refractivity contribution in [2.24, 2.45) is 5.41 Å². The van der Waals surface area contributed by atoms with Gasteiger partial charge in [0.1, 0.15) is 0 Å². The number of benzene rings is 1. The Bertz CT molecular complexity index is 1740. The molecule has 37 heavy (non-hydrogen) atoms. The summed E-state index contributed by atoms with van der Waals surface area (Å²) < 4.78 is 2.54. The summed E-state index contributed by atoms with van der Waals surface area (Å²) >= 11 is 0. The Labute approximate surface area is 216 Å². The van der Waals surface area contributed by atoms with Crippen LogP contribution in [0.25, 0.3) is 0 Å². The Morgan fingerprint density at radius 1 is 0.838 bits per heavy atom. The van der Waals surface area contributed by atoms with Crippen LogP contribution in [0.5, 0.6) is 0 Å². The van der Waals surface area contributed by atoms with Crippen molar-refractivity contribution in [2.45, 2.75) is 84.2 Å². The summed E-state index contributed by atoms with van der Waals surface area (Å²) in [6.07, 6.45) is 1.42. The third kappa shape index (κ3) is 0.426. The van der Waals surface area contributed by atoms with Gasteiger partial charge in [0.05, 0.1) is 0 Å². The number of hydrogen-bond donors (Lipinski definition) is 4. The van der Waals surface area contributed by atoms with E-state index >= 15 is 0 Å². The van der Waals surface area contributed by atoms with Crippen LogP contribution in [-0.2, 0) is 10.8 Å². The third-order valence-corrected chi connectivity index (χ3v) is 69.3. The van der Waals surface area contributed by atoms with Crippen LogP contribution in [0.1, 0.15) is 26.3 Å². The van der Waals surface area contributed by atoms with Crippen molar-refractivity contribution in [1.82, 2.24) is 21.3 Å². The molecule has 0 amide bonds. The van der Waals surface area contributed by atoms with E-state index in [2.05, 4.69) is 90.8 Å². The fourth-order valence-corrected chi connectivity index (χ4v) is 118. The summed E-state index contributed by atoms with van der Waals surface area (Å²) in [5.74, 6) is 0. The van der Waals surface area contributed by atoms with Gasteiger partial charge in [0.25, 0.3) is 0 Å². The van der Waals surface area contributed by atoms with E-state index in [-0.39, 0.29) is 5.16 Å². The van der Waals surface area contributed by atoms with Crippen molar-refractivity contribution in [1.29, 1.82) is 0 Å². The fraction of sp³-hybridized carbons (Fsp3) is 0.800. The van der Waals surface area contributed by atoms with E-state index in [1.54, 1.807) is 0 Å². The SMILES string of the molecule is CC(C)(C)[C]12[C]3(c4ccccc4)[CH]4[C]5(CP)[C]1(C(P)(C1CNCCN1)C1CNCCN1)[Fe]45321678[CH]2[CH]1[CH]6[CH]7[CH]28. The molecule has 0 saturated carbocycles. The minimum atomic E-state index is -4.30. The molecular weight excluding hydrogens is 534 g/mol. The Hall–Kier alpha value is 0.439. The van der Waals surface area contributed by atoms with E-state index in [9.17, 15) is 0 Å². The first-order valence-corrected chi connectivity index (χ1v) is 22.7. The summed E-state index contributed by atoms with van der Waals surface area (Å²) in [6, 6.07) is 13.5. The monoisotopic (exact) mass is 578 g/mol. The van der Waals surface area contributed by atoms with Crippen LogP contribution in [0, 0.1) is 5.41 Å². The van der Waals surface area contributed by atoms with Gasteiger partial charge in [0, 0.05) is 0 Å². The molecule has 0 aromatic heterocycles. The van der Waals surface area contributed by atoms with Gasteiger partial charge in [-0.3, -0.25) is 0 Å². The molecule has 9 atom stereocenters. The molecule has 7 heteroatoms. The molecule has 12 fully saturated rings. The Balaban J connectivity index is 1.23. The fourth-order valence-electron chi connectivity index (χ4n) is 26.2. The van der Waals surface area contributed by atoms with E-state index in [4.69, 9.17) is 0 Å². The number of hydrogen-bond acceptors (Lipinski definition) is 4. The number of fused-ring (bicyclic) bond motifs is 10. The van der Waals surface area contributed by atoms with Crippen LogP contribution in [0.3, 0.4) is 0 Å². The molecule has 1 aromatic rings. The maximum absolute atomic E-state index is 4.30. The van der Waals surface area contributed by atoms with Gasteiger partial charge in [-0.2, -0.15) is 0 Å². The van der Waals surface area contributed by atoms with Gasteiger partial charge in [-0.25, -0.2) is 0 Å². The second kappa shape index (κ2) is 2.96. The van der Waals surface area contributed by atoms with Crippen molar-refractivity contribution in [2.75, 3.05) is 45.4 Å². The summed E-state index contributed by atoms with van der Waals surface area (Å²) in [6.45, 7) is 10.7. The molecule has 0 radical (unpaired) electrons. The molecule has 12 aliphatic rings. The van der Waals surface area contributed by atoms with E-state index < -0.39 is 6.51 Å². The zero-order valence-electron chi connectivity index (χ0n) is 22.5. The first-order valence-electron chi connectivity index (χ1n) is 15.2. The van der Waals surface area contributed by atoms with Crippen LogP contribution in [0.4, 0.5) is 0 Å². The van der Waals surface area contributed by atoms with Crippen LogP contribution in [0.2, 0.25) is 41.8 Å². The van der Waals surface area contributed by atoms with Gasteiger partial charge < -0.3 is 0 Å². The molecular formula is C30H44FeN4P2. The quantitative estimate of drug-likeness (QED) is 0.312. The predicted molar refractivity (Wildman–Crippen MR) is 154 cm³/mol. The Kier molecular flexibility index (Phi) is 1.62. The van der Waals surface area contributed by atoms with Gasteiger partial charge in [-0.05, 0) is 0 Å². The first-order chi connectivity index (χ1) is 17.6. The molecule has 1 spiro atoms. The van der Waals surface area contributed by atoms with Crippen molar-refractivity contribution < 1.29 is 6.51 Å². The summed E-state index contributed by atoms with van der Waals surface area (Å²) in [5.41, 5.74) is 2.22. The van der Waals surface area contributed by atoms with Gasteiger partial charge in [0.2, 0.25) is 0 Å². The number of nitrogens with one attached hydrogen (secondary N) is 4. The average molecular weight is 579 g/mol. The second-order valence-corrected chi connectivity index (χ2v) is 42.2. The zero-order valence-corrected chi connectivity index (χ0v) is 25.9. The summed E-state index contributed by atoms with van der Waals surface area (Å²) in [5, 5.41) is 16.4. The van der Waals surface area contributed by atoms with Gasteiger partial charge in [-0.1, -0.05) is 0 Å². The second-order valence-electron chi connectivity index (χ2n) is 18.2. The van der Waals surface area contributed by atoms with Crippen LogP contribution in [0.15, 0.2) is 30.3 Å². The number of rotatable bonds is 5. The van der Waals surface area contributed by atoms with E-state index in [0.29, 0.717) is 34.8 Å². The molecule has 1 aromatic carbocycles. The molecule has 12 saturated heterocycles. The standard InChI is InChI=1S/C25H39N4P2.C5H5.Fe/c1-24(2,3)23-19(17-7-5-4-6-8-17)13-18(16-30)22(23)25(31,20-14-26-9-11-28-20)21-15-27-10-12-29-21;1-2-4-5-3-1;/h4-8,13,20-21,26-29H,9-12,14-16,30-31H2,1-3H3;1-5H;. The molecule has 9 unspecified atom stereocenters. The number of piperazine rings is 2. The molecule has 202 valence electrons. The van der Waals surface area contributed by atoms with Gasteiger partial charge in [-0.15, -0.1) is 0 Å². The van der Waals surface area contributed by atoms with E-state index in [1.807, 2.05) is 5.56 Å². The Morgan fingerprint density at radius 3 is 1.78 bits per heavy atom. The van der Waals surface area contributed by atoms with Crippen LogP contribution in [-0.4, -0.2) is 62.7 Å². The third-order valence-electron chi connectivity index (χ3n) is 21.8. The summed E-state index contributed by atoms with van der Waals surface area (Å²) in [7, 11) is 7.30. The van der Waals surface area contributed by atoms with Gasteiger partial charge >= 0.3 is 217 Å². The average Bonchev–Trinajstić information content (AvgIpc) is 3.87. The molecule has 12 aliphatic heterocycles. The zero-order chi connectivity index (χ0) is 24.8. The topological polar surface area (TPSA) is 48.1 Å². The molecule has 13 rings (SSSR count). The molecule has 4 nitrogen and oxygen atoms in total. The molecule has 0 bridgehead atoms. The minimum absolute atomic E-state index is 0.221. The Morgan fingerprint density at radius 2 is 1.38 bits per heavy atom. The van der Waals surface area contributed by atoms with Crippen molar-refractivity contribution in [3.8, 4) is 0 Å². The van der Waals surface area contributed by atoms with Crippen molar-refractivity contribution >= 4 is 18.5 Å². The van der Waals surface area contributed by atoms with Crippen LogP contribution < -0.4 is 21.3 Å². The molecule has 4 N–H and O–H groups in total. The predicted octanol–water partition coefficient (Wildman–Crippen LogP) is 4.25. The molecule has 12 heterocycles. The molecule has 0 aliphatic carbocycles. The van der Waals surface area contributed by atoms with Crippen molar-refractivity contribution in [3.63, 3.8) is 0 Å². The normalized spacial score (nSPS) is 78.4. The summed E-state index contributed by atoms with van der Waals surface area (Å²) in [4.78, 5) is 7.19. The first kappa shape index (κ1) is 20.3. The van der Waals surface area contributed by atoms with Crippen LogP contribution >= 0.6 is 18.5 Å². The maximum atomic E-state index is 4.22.